The smallest absolute Gasteiger partial charge is 0.251 e. The van der Waals surface area contributed by atoms with E-state index in [-0.39, 0.29) is 5.91 Å². The number of hydrogen-bond acceptors (Lipinski definition) is 2. The fourth-order valence-electron chi connectivity index (χ4n) is 4.15. The third-order valence-electron chi connectivity index (χ3n) is 5.16. The van der Waals surface area contributed by atoms with Crippen molar-refractivity contribution in [1.82, 2.24) is 10.2 Å². The summed E-state index contributed by atoms with van der Waals surface area (Å²) in [4.78, 5) is 14.9. The largest absolute Gasteiger partial charge is 0.348 e. The summed E-state index contributed by atoms with van der Waals surface area (Å²) < 4.78 is 0. The van der Waals surface area contributed by atoms with Crippen LogP contribution in [0.1, 0.15) is 40.7 Å². The Kier molecular flexibility index (Phi) is 3.03. The minimum Gasteiger partial charge on any atom is -0.348 e. The first-order valence-electron chi connectivity index (χ1n) is 7.93. The molecule has 2 bridgehead atoms. The van der Waals surface area contributed by atoms with Crippen molar-refractivity contribution < 1.29 is 4.79 Å². The molecule has 2 aliphatic heterocycles. The summed E-state index contributed by atoms with van der Waals surface area (Å²) in [5.41, 5.74) is 3.66. The molecule has 3 heteroatoms. The SMILES string of the molecule is O=C(N[C@@H]1C[C@H]2CCN(C2)C1)c1ccc2c(c1)CCC2. The molecule has 106 valence electrons. The normalized spacial score (nSPS) is 31.1. The molecule has 1 aromatic rings. The summed E-state index contributed by atoms with van der Waals surface area (Å²) in [6.45, 7) is 3.49. The number of benzene rings is 1. The quantitative estimate of drug-likeness (QED) is 0.891. The molecule has 1 aromatic carbocycles. The molecule has 3 atom stereocenters. The van der Waals surface area contributed by atoms with E-state index >= 15 is 0 Å². The van der Waals surface area contributed by atoms with Gasteiger partial charge in [-0.15, -0.1) is 0 Å². The number of carbonyl (C=O) groups excluding carboxylic acids is 1. The third-order valence-corrected chi connectivity index (χ3v) is 5.16. The van der Waals surface area contributed by atoms with E-state index < -0.39 is 0 Å². The van der Waals surface area contributed by atoms with Crippen molar-refractivity contribution in [3.05, 3.63) is 34.9 Å². The lowest BCUT2D eigenvalue weighted by atomic mass is 9.96. The average molecular weight is 270 g/mol. The zero-order valence-corrected chi connectivity index (χ0v) is 11.9. The van der Waals surface area contributed by atoms with Gasteiger partial charge in [0.2, 0.25) is 0 Å². The number of hydrogen-bond donors (Lipinski definition) is 1. The maximum absolute atomic E-state index is 12.4. The minimum absolute atomic E-state index is 0.118. The first kappa shape index (κ1) is 12.4. The van der Waals surface area contributed by atoms with Crippen LogP contribution in [-0.2, 0) is 12.8 Å². The lowest BCUT2D eigenvalue weighted by Crippen LogP contribution is -2.47. The van der Waals surface area contributed by atoms with Crippen LogP contribution < -0.4 is 5.32 Å². The summed E-state index contributed by atoms with van der Waals surface area (Å²) in [6, 6.07) is 6.59. The second-order valence-corrected chi connectivity index (χ2v) is 6.66. The Morgan fingerprint density at radius 1 is 1.20 bits per heavy atom. The van der Waals surface area contributed by atoms with Crippen molar-refractivity contribution in [2.24, 2.45) is 5.92 Å². The van der Waals surface area contributed by atoms with E-state index in [1.165, 1.54) is 43.5 Å². The molecule has 2 saturated heterocycles. The predicted octanol–water partition coefficient (Wildman–Crippen LogP) is 2.00. The van der Waals surface area contributed by atoms with Crippen LogP contribution in [0.15, 0.2) is 18.2 Å². The molecule has 0 spiro atoms. The van der Waals surface area contributed by atoms with E-state index in [0.29, 0.717) is 6.04 Å². The fraction of sp³-hybridized carbons (Fsp3) is 0.588. The molecule has 3 aliphatic rings. The van der Waals surface area contributed by atoms with Crippen molar-refractivity contribution in [3.63, 3.8) is 0 Å². The van der Waals surface area contributed by atoms with Gasteiger partial charge in [-0.2, -0.15) is 0 Å². The fourth-order valence-corrected chi connectivity index (χ4v) is 4.15. The van der Waals surface area contributed by atoms with E-state index in [1.54, 1.807) is 0 Å². The molecular formula is C17H22N2O. The summed E-state index contributed by atoms with van der Waals surface area (Å²) in [5.74, 6) is 0.918. The molecule has 4 rings (SSSR count). The highest BCUT2D eigenvalue weighted by atomic mass is 16.1. The Labute approximate surface area is 120 Å². The van der Waals surface area contributed by atoms with E-state index in [4.69, 9.17) is 0 Å². The Hall–Kier alpha value is -1.35. The van der Waals surface area contributed by atoms with Crippen LogP contribution in [-0.4, -0.2) is 36.5 Å². The van der Waals surface area contributed by atoms with Gasteiger partial charge in [-0.05, 0) is 67.8 Å². The van der Waals surface area contributed by atoms with Gasteiger partial charge in [0.05, 0.1) is 0 Å². The van der Waals surface area contributed by atoms with Gasteiger partial charge in [-0.1, -0.05) is 6.07 Å². The summed E-state index contributed by atoms with van der Waals surface area (Å²) in [7, 11) is 0. The number of piperidine rings is 1. The van der Waals surface area contributed by atoms with E-state index in [1.807, 2.05) is 6.07 Å². The topological polar surface area (TPSA) is 32.3 Å². The minimum atomic E-state index is 0.118. The molecule has 0 radical (unpaired) electrons. The number of amides is 1. The van der Waals surface area contributed by atoms with Crippen LogP contribution in [0.3, 0.4) is 0 Å². The van der Waals surface area contributed by atoms with Crippen LogP contribution in [0.5, 0.6) is 0 Å². The van der Waals surface area contributed by atoms with Gasteiger partial charge in [0.1, 0.15) is 0 Å². The van der Waals surface area contributed by atoms with Crippen molar-refractivity contribution in [1.29, 1.82) is 0 Å². The van der Waals surface area contributed by atoms with Crippen LogP contribution in [0.25, 0.3) is 0 Å². The molecule has 2 heterocycles. The molecule has 1 aliphatic carbocycles. The van der Waals surface area contributed by atoms with Crippen molar-refractivity contribution in [2.45, 2.75) is 38.1 Å². The highest BCUT2D eigenvalue weighted by Crippen LogP contribution is 2.27. The Morgan fingerprint density at radius 2 is 2.10 bits per heavy atom. The van der Waals surface area contributed by atoms with E-state index in [9.17, 15) is 4.79 Å². The zero-order valence-electron chi connectivity index (χ0n) is 11.9. The summed E-state index contributed by atoms with van der Waals surface area (Å²) in [5, 5.41) is 3.25. The molecule has 1 N–H and O–H groups in total. The van der Waals surface area contributed by atoms with Crippen molar-refractivity contribution in [3.8, 4) is 0 Å². The summed E-state index contributed by atoms with van der Waals surface area (Å²) >= 11 is 0. The molecular weight excluding hydrogens is 248 g/mol. The van der Waals surface area contributed by atoms with Crippen molar-refractivity contribution in [2.75, 3.05) is 19.6 Å². The van der Waals surface area contributed by atoms with Gasteiger partial charge in [0.15, 0.2) is 0 Å². The predicted molar refractivity (Wildman–Crippen MR) is 78.9 cm³/mol. The lowest BCUT2D eigenvalue weighted by Gasteiger charge is -2.30. The second kappa shape index (κ2) is 4.88. The molecule has 3 nitrogen and oxygen atoms in total. The Balaban J connectivity index is 1.45. The van der Waals surface area contributed by atoms with Gasteiger partial charge in [0.25, 0.3) is 5.91 Å². The number of rotatable bonds is 2. The maximum Gasteiger partial charge on any atom is 0.251 e. The number of fused-ring (bicyclic) bond motifs is 3. The van der Waals surface area contributed by atoms with Gasteiger partial charge in [0, 0.05) is 24.7 Å². The molecule has 1 amide bonds. The van der Waals surface area contributed by atoms with Crippen LogP contribution in [0, 0.1) is 5.92 Å². The van der Waals surface area contributed by atoms with Crippen LogP contribution in [0.4, 0.5) is 0 Å². The zero-order chi connectivity index (χ0) is 13.5. The highest BCUT2D eigenvalue weighted by Gasteiger charge is 2.33. The van der Waals surface area contributed by atoms with Crippen molar-refractivity contribution >= 4 is 5.91 Å². The Bertz CT molecular complexity index is 528. The molecule has 0 aromatic heterocycles. The van der Waals surface area contributed by atoms with Crippen LogP contribution in [0.2, 0.25) is 0 Å². The number of nitrogens with zero attached hydrogens (tertiary/aromatic N) is 1. The van der Waals surface area contributed by atoms with Gasteiger partial charge in [-0.25, -0.2) is 0 Å². The second-order valence-electron chi connectivity index (χ2n) is 6.66. The molecule has 0 saturated carbocycles. The number of nitrogens with one attached hydrogen (secondary N) is 1. The van der Waals surface area contributed by atoms with Gasteiger partial charge >= 0.3 is 0 Å². The molecule has 20 heavy (non-hydrogen) atoms. The first-order valence-corrected chi connectivity index (χ1v) is 7.93. The summed E-state index contributed by atoms with van der Waals surface area (Å²) in [6.07, 6.45) is 6.02. The number of aryl methyl sites for hydroxylation is 2. The average Bonchev–Trinajstić information content (AvgIpc) is 3.04. The van der Waals surface area contributed by atoms with Gasteiger partial charge < -0.3 is 10.2 Å². The first-order chi connectivity index (χ1) is 9.78. The Morgan fingerprint density at radius 3 is 3.00 bits per heavy atom. The highest BCUT2D eigenvalue weighted by molar-refractivity contribution is 5.94. The molecule has 2 fully saturated rings. The van der Waals surface area contributed by atoms with E-state index in [2.05, 4.69) is 22.3 Å². The number of carbonyl (C=O) groups is 1. The molecule has 1 unspecified atom stereocenters. The van der Waals surface area contributed by atoms with Crippen LogP contribution >= 0.6 is 0 Å². The lowest BCUT2D eigenvalue weighted by molar-refractivity contribution is 0.0909. The van der Waals surface area contributed by atoms with Gasteiger partial charge in [-0.3, -0.25) is 4.79 Å². The third kappa shape index (κ3) is 2.24. The standard InChI is InChI=1S/C17H22N2O/c20-17(15-5-4-13-2-1-3-14(13)9-15)18-16-8-12-6-7-19(10-12)11-16/h4-5,9,12,16H,1-3,6-8,10-11H2,(H,18,20)/t12-,16-/m1/s1. The maximum atomic E-state index is 12.4. The van der Waals surface area contributed by atoms with E-state index in [0.717, 1.165) is 30.9 Å². The monoisotopic (exact) mass is 270 g/mol.